The van der Waals surface area contributed by atoms with Gasteiger partial charge in [-0.3, -0.25) is 14.5 Å². The summed E-state index contributed by atoms with van der Waals surface area (Å²) in [6.45, 7) is 7.37. The van der Waals surface area contributed by atoms with E-state index in [4.69, 9.17) is 10.5 Å². The Morgan fingerprint density at radius 1 is 1.33 bits per heavy atom. The highest BCUT2D eigenvalue weighted by Crippen LogP contribution is 2.34. The molecule has 2 amide bonds. The van der Waals surface area contributed by atoms with Crippen LogP contribution in [-0.4, -0.2) is 43.0 Å². The predicted molar refractivity (Wildman–Crippen MR) is 94.1 cm³/mol. The SMILES string of the molecule is CCCN(CCC)C(=O)CN1C(=O)COc2ccc(C(C)N)cc21. The summed E-state index contributed by atoms with van der Waals surface area (Å²) in [5, 5.41) is 0. The first-order valence-corrected chi connectivity index (χ1v) is 8.58. The van der Waals surface area contributed by atoms with Gasteiger partial charge in [-0.15, -0.1) is 0 Å². The molecule has 0 saturated heterocycles. The second-order valence-corrected chi connectivity index (χ2v) is 6.17. The molecular weight excluding hydrogens is 306 g/mol. The molecule has 1 atom stereocenters. The third-order valence-corrected chi connectivity index (χ3v) is 4.08. The summed E-state index contributed by atoms with van der Waals surface area (Å²) in [6, 6.07) is 5.39. The number of rotatable bonds is 7. The normalized spacial score (nSPS) is 14.8. The van der Waals surface area contributed by atoms with E-state index in [1.165, 1.54) is 4.90 Å². The van der Waals surface area contributed by atoms with Gasteiger partial charge in [0.2, 0.25) is 5.91 Å². The summed E-state index contributed by atoms with van der Waals surface area (Å²) in [5.41, 5.74) is 7.47. The van der Waals surface area contributed by atoms with Gasteiger partial charge in [-0.1, -0.05) is 19.9 Å². The number of anilines is 1. The van der Waals surface area contributed by atoms with Crippen LogP contribution in [0.2, 0.25) is 0 Å². The molecule has 24 heavy (non-hydrogen) atoms. The molecular formula is C18H27N3O3. The zero-order valence-corrected chi connectivity index (χ0v) is 14.7. The van der Waals surface area contributed by atoms with Crippen LogP contribution in [0.3, 0.4) is 0 Å². The lowest BCUT2D eigenvalue weighted by molar-refractivity contribution is -0.132. The lowest BCUT2D eigenvalue weighted by Crippen LogP contribution is -2.47. The van der Waals surface area contributed by atoms with Crippen LogP contribution in [0, 0.1) is 0 Å². The van der Waals surface area contributed by atoms with Crippen molar-refractivity contribution in [3.8, 4) is 5.75 Å². The first-order chi connectivity index (χ1) is 11.5. The van der Waals surface area contributed by atoms with Gasteiger partial charge in [0.1, 0.15) is 12.3 Å². The highest BCUT2D eigenvalue weighted by molar-refractivity contribution is 6.02. The third-order valence-electron chi connectivity index (χ3n) is 4.08. The van der Waals surface area contributed by atoms with E-state index in [9.17, 15) is 9.59 Å². The Balaban J connectivity index is 2.25. The molecule has 2 rings (SSSR count). The van der Waals surface area contributed by atoms with Crippen LogP contribution < -0.4 is 15.4 Å². The maximum Gasteiger partial charge on any atom is 0.265 e. The summed E-state index contributed by atoms with van der Waals surface area (Å²) in [6.07, 6.45) is 1.79. The van der Waals surface area contributed by atoms with Crippen molar-refractivity contribution in [3.05, 3.63) is 23.8 Å². The Morgan fingerprint density at radius 3 is 2.58 bits per heavy atom. The summed E-state index contributed by atoms with van der Waals surface area (Å²) in [4.78, 5) is 28.3. The van der Waals surface area contributed by atoms with Crippen LogP contribution in [0.1, 0.15) is 45.2 Å². The van der Waals surface area contributed by atoms with Crippen molar-refractivity contribution in [3.63, 3.8) is 0 Å². The molecule has 1 aliphatic heterocycles. The third kappa shape index (κ3) is 4.06. The van der Waals surface area contributed by atoms with Gasteiger partial charge in [-0.05, 0) is 37.5 Å². The first kappa shape index (κ1) is 18.3. The first-order valence-electron chi connectivity index (χ1n) is 8.58. The second-order valence-electron chi connectivity index (χ2n) is 6.17. The fourth-order valence-corrected chi connectivity index (χ4v) is 2.81. The van der Waals surface area contributed by atoms with Crippen molar-refractivity contribution in [2.45, 2.75) is 39.7 Å². The van der Waals surface area contributed by atoms with Crippen molar-refractivity contribution in [1.82, 2.24) is 4.90 Å². The number of nitrogens with zero attached hydrogens (tertiary/aromatic N) is 2. The van der Waals surface area contributed by atoms with Crippen LogP contribution in [0.15, 0.2) is 18.2 Å². The molecule has 0 radical (unpaired) electrons. The molecule has 1 unspecified atom stereocenters. The minimum absolute atomic E-state index is 0.0360. The lowest BCUT2D eigenvalue weighted by Gasteiger charge is -2.31. The molecule has 0 saturated carbocycles. The second kappa shape index (κ2) is 8.15. The topological polar surface area (TPSA) is 75.9 Å². The van der Waals surface area contributed by atoms with Gasteiger partial charge in [0.15, 0.2) is 6.61 Å². The molecule has 0 aliphatic carbocycles. The number of nitrogens with two attached hydrogens (primary N) is 1. The van der Waals surface area contributed by atoms with Gasteiger partial charge in [-0.2, -0.15) is 0 Å². The number of benzene rings is 1. The van der Waals surface area contributed by atoms with Crippen molar-refractivity contribution in [2.75, 3.05) is 31.1 Å². The smallest absolute Gasteiger partial charge is 0.265 e. The zero-order chi connectivity index (χ0) is 17.7. The number of carbonyl (C=O) groups is 2. The van der Waals surface area contributed by atoms with Crippen molar-refractivity contribution in [1.29, 1.82) is 0 Å². The van der Waals surface area contributed by atoms with Crippen LogP contribution in [0.4, 0.5) is 5.69 Å². The number of hydrogen-bond donors (Lipinski definition) is 1. The Kier molecular flexibility index (Phi) is 6.20. The van der Waals surface area contributed by atoms with E-state index < -0.39 is 0 Å². The van der Waals surface area contributed by atoms with Gasteiger partial charge in [-0.25, -0.2) is 0 Å². The Bertz CT molecular complexity index is 595. The molecule has 1 aromatic rings. The van der Waals surface area contributed by atoms with Crippen LogP contribution >= 0.6 is 0 Å². The standard InChI is InChI=1S/C18H27N3O3/c1-4-8-20(9-5-2)17(22)11-21-15-10-14(13(3)19)6-7-16(15)24-12-18(21)23/h6-7,10,13H,4-5,8-9,11-12,19H2,1-3H3. The summed E-state index contributed by atoms with van der Waals surface area (Å²) >= 11 is 0. The Labute approximate surface area is 143 Å². The quantitative estimate of drug-likeness (QED) is 0.829. The maximum atomic E-state index is 12.6. The Hall–Kier alpha value is -2.08. The molecule has 0 aromatic heterocycles. The van der Waals surface area contributed by atoms with E-state index in [1.807, 2.05) is 43.9 Å². The van der Waals surface area contributed by atoms with Crippen LogP contribution in [0.25, 0.3) is 0 Å². The molecule has 1 aromatic carbocycles. The maximum absolute atomic E-state index is 12.6. The molecule has 0 spiro atoms. The molecule has 2 N–H and O–H groups in total. The van der Waals surface area contributed by atoms with Gasteiger partial charge < -0.3 is 15.4 Å². The van der Waals surface area contributed by atoms with Crippen molar-refractivity contribution < 1.29 is 14.3 Å². The molecule has 0 fully saturated rings. The fourth-order valence-electron chi connectivity index (χ4n) is 2.81. The molecule has 132 valence electrons. The number of amides is 2. The van der Waals surface area contributed by atoms with E-state index in [2.05, 4.69) is 0 Å². The minimum Gasteiger partial charge on any atom is -0.482 e. The average Bonchev–Trinajstić information content (AvgIpc) is 2.56. The Morgan fingerprint density at radius 2 is 2.00 bits per heavy atom. The highest BCUT2D eigenvalue weighted by Gasteiger charge is 2.29. The van der Waals surface area contributed by atoms with E-state index in [0.29, 0.717) is 24.5 Å². The minimum atomic E-state index is -0.203. The molecule has 0 bridgehead atoms. The molecule has 1 aliphatic rings. The van der Waals surface area contributed by atoms with Gasteiger partial charge >= 0.3 is 0 Å². The fraction of sp³-hybridized carbons (Fsp3) is 0.556. The van der Waals surface area contributed by atoms with E-state index >= 15 is 0 Å². The average molecular weight is 333 g/mol. The van der Waals surface area contributed by atoms with Crippen LogP contribution in [0.5, 0.6) is 5.75 Å². The predicted octanol–water partition coefficient (Wildman–Crippen LogP) is 2.08. The van der Waals surface area contributed by atoms with E-state index in [1.54, 1.807) is 0 Å². The number of ether oxygens (including phenoxy) is 1. The van der Waals surface area contributed by atoms with Crippen molar-refractivity contribution >= 4 is 17.5 Å². The monoisotopic (exact) mass is 333 g/mol. The summed E-state index contributed by atoms with van der Waals surface area (Å²) in [5.74, 6) is 0.376. The highest BCUT2D eigenvalue weighted by atomic mass is 16.5. The van der Waals surface area contributed by atoms with E-state index in [0.717, 1.165) is 18.4 Å². The zero-order valence-electron chi connectivity index (χ0n) is 14.7. The number of carbonyl (C=O) groups excluding carboxylic acids is 2. The van der Waals surface area contributed by atoms with Crippen LogP contribution in [-0.2, 0) is 9.59 Å². The molecule has 6 heteroatoms. The lowest BCUT2D eigenvalue weighted by atomic mass is 10.1. The number of hydrogen-bond acceptors (Lipinski definition) is 4. The van der Waals surface area contributed by atoms with E-state index in [-0.39, 0.29) is 31.0 Å². The van der Waals surface area contributed by atoms with Gasteiger partial charge in [0, 0.05) is 19.1 Å². The summed E-state index contributed by atoms with van der Waals surface area (Å²) in [7, 11) is 0. The van der Waals surface area contributed by atoms with Gasteiger partial charge in [0.05, 0.1) is 5.69 Å². The van der Waals surface area contributed by atoms with Crippen molar-refractivity contribution in [2.24, 2.45) is 5.73 Å². The molecule has 1 heterocycles. The molecule has 6 nitrogen and oxygen atoms in total. The van der Waals surface area contributed by atoms with Gasteiger partial charge in [0.25, 0.3) is 5.91 Å². The summed E-state index contributed by atoms with van der Waals surface area (Å²) < 4.78 is 5.48. The largest absolute Gasteiger partial charge is 0.482 e. The number of fused-ring (bicyclic) bond motifs is 1.